The third-order valence-corrected chi connectivity index (χ3v) is 2.07. The summed E-state index contributed by atoms with van der Waals surface area (Å²) in [7, 11) is 0. The molecule has 0 saturated carbocycles. The molecule has 3 N–H and O–H groups in total. The molecule has 0 heterocycles. The van der Waals surface area contributed by atoms with Gasteiger partial charge in [0.15, 0.2) is 0 Å². The summed E-state index contributed by atoms with van der Waals surface area (Å²) in [5, 5.41) is 13.7. The van der Waals surface area contributed by atoms with Crippen molar-refractivity contribution in [2.45, 2.75) is 19.5 Å². The second kappa shape index (κ2) is 6.15. The first-order valence-corrected chi connectivity index (χ1v) is 5.10. The van der Waals surface area contributed by atoms with Crippen molar-refractivity contribution < 1.29 is 18.7 Å². The molecule has 0 saturated heterocycles. The van der Waals surface area contributed by atoms with E-state index in [0.717, 1.165) is 0 Å². The third kappa shape index (κ3) is 4.78. The van der Waals surface area contributed by atoms with Crippen LogP contribution < -0.4 is 10.6 Å². The Labute approximate surface area is 97.6 Å². The summed E-state index contributed by atoms with van der Waals surface area (Å²) in [6, 6.07) is 5.78. The molecule has 0 spiro atoms. The number of hydrogen-bond donors (Lipinski definition) is 3. The molecule has 6 heteroatoms. The van der Waals surface area contributed by atoms with Crippen LogP contribution in [0.3, 0.4) is 0 Å². The maximum atomic E-state index is 11.8. The van der Waals surface area contributed by atoms with Gasteiger partial charge in [-0.05, 0) is 24.6 Å². The molecule has 0 aliphatic carbocycles. The quantitative estimate of drug-likeness (QED) is 0.759. The Bertz CT molecular complexity index is 366. The van der Waals surface area contributed by atoms with Gasteiger partial charge in [0.2, 0.25) is 0 Å². The Hall–Kier alpha value is -1.69. The van der Waals surface area contributed by atoms with E-state index in [1.807, 2.05) is 5.32 Å². The van der Waals surface area contributed by atoms with Crippen LogP contribution in [0.25, 0.3) is 0 Å². The van der Waals surface area contributed by atoms with Gasteiger partial charge in [-0.15, -0.1) is 0 Å². The first kappa shape index (κ1) is 13.4. The van der Waals surface area contributed by atoms with E-state index < -0.39 is 25.1 Å². The number of alkyl halides is 2. The Kier molecular flexibility index (Phi) is 4.84. The van der Waals surface area contributed by atoms with E-state index in [0.29, 0.717) is 11.3 Å². The number of halogens is 2. The van der Waals surface area contributed by atoms with Gasteiger partial charge in [0, 0.05) is 5.69 Å². The Morgan fingerprint density at radius 1 is 1.35 bits per heavy atom. The number of carbonyl (C=O) groups is 1. The highest BCUT2D eigenvalue weighted by molar-refractivity contribution is 5.89. The maximum absolute atomic E-state index is 11.8. The van der Waals surface area contributed by atoms with Crippen LogP contribution in [0, 0.1) is 0 Å². The predicted molar refractivity (Wildman–Crippen MR) is 60.1 cm³/mol. The molecule has 1 rings (SSSR count). The number of amides is 2. The lowest BCUT2D eigenvalue weighted by molar-refractivity contribution is 0.148. The molecule has 94 valence electrons. The van der Waals surface area contributed by atoms with Crippen LogP contribution in [-0.2, 0) is 0 Å². The predicted octanol–water partition coefficient (Wildman–Crippen LogP) is 2.13. The number of aliphatic hydroxyl groups is 1. The number of rotatable bonds is 4. The molecule has 1 atom stereocenters. The van der Waals surface area contributed by atoms with Crippen molar-refractivity contribution in [1.82, 2.24) is 5.32 Å². The summed E-state index contributed by atoms with van der Waals surface area (Å²) < 4.78 is 23.6. The van der Waals surface area contributed by atoms with Crippen molar-refractivity contribution in [2.75, 3.05) is 11.9 Å². The van der Waals surface area contributed by atoms with Gasteiger partial charge in [-0.25, -0.2) is 13.6 Å². The van der Waals surface area contributed by atoms with E-state index in [9.17, 15) is 18.7 Å². The van der Waals surface area contributed by atoms with Gasteiger partial charge in [-0.1, -0.05) is 12.1 Å². The van der Waals surface area contributed by atoms with Crippen molar-refractivity contribution in [3.8, 4) is 0 Å². The maximum Gasteiger partial charge on any atom is 0.319 e. The Morgan fingerprint density at radius 2 is 1.94 bits per heavy atom. The van der Waals surface area contributed by atoms with Crippen molar-refractivity contribution >= 4 is 11.7 Å². The molecule has 0 bridgehead atoms. The molecule has 2 amide bonds. The molecule has 4 nitrogen and oxygen atoms in total. The monoisotopic (exact) mass is 244 g/mol. The van der Waals surface area contributed by atoms with Gasteiger partial charge in [0.05, 0.1) is 12.6 Å². The Morgan fingerprint density at radius 3 is 2.41 bits per heavy atom. The SMILES string of the molecule is CC(O)c1ccc(NC(=O)NCC(F)F)cc1. The summed E-state index contributed by atoms with van der Waals surface area (Å²) in [4.78, 5) is 11.1. The Balaban J connectivity index is 2.48. The summed E-state index contributed by atoms with van der Waals surface area (Å²) >= 11 is 0. The number of carbonyl (C=O) groups excluding carboxylic acids is 1. The minimum Gasteiger partial charge on any atom is -0.389 e. The van der Waals surface area contributed by atoms with Crippen LogP contribution in [0.4, 0.5) is 19.3 Å². The molecular formula is C11H14F2N2O2. The zero-order valence-electron chi connectivity index (χ0n) is 9.28. The fourth-order valence-corrected chi connectivity index (χ4v) is 1.19. The third-order valence-electron chi connectivity index (χ3n) is 2.07. The van der Waals surface area contributed by atoms with Crippen molar-refractivity contribution in [3.05, 3.63) is 29.8 Å². The molecular weight excluding hydrogens is 230 g/mol. The van der Waals surface area contributed by atoms with Crippen LogP contribution in [0.5, 0.6) is 0 Å². The molecule has 0 aromatic heterocycles. The molecule has 1 aromatic carbocycles. The van der Waals surface area contributed by atoms with Crippen molar-refractivity contribution in [1.29, 1.82) is 0 Å². The molecule has 0 radical (unpaired) electrons. The zero-order chi connectivity index (χ0) is 12.8. The summed E-state index contributed by atoms with van der Waals surface area (Å²) in [5.41, 5.74) is 1.18. The number of aliphatic hydroxyl groups excluding tert-OH is 1. The van der Waals surface area contributed by atoms with Crippen LogP contribution in [0.1, 0.15) is 18.6 Å². The summed E-state index contributed by atoms with van der Waals surface area (Å²) in [5.74, 6) is 0. The van der Waals surface area contributed by atoms with E-state index in [1.54, 1.807) is 31.2 Å². The van der Waals surface area contributed by atoms with E-state index in [2.05, 4.69) is 5.32 Å². The normalized spacial score (nSPS) is 12.3. The van der Waals surface area contributed by atoms with E-state index in [4.69, 9.17) is 0 Å². The minimum atomic E-state index is -2.57. The average Bonchev–Trinajstić information content (AvgIpc) is 2.27. The van der Waals surface area contributed by atoms with Gasteiger partial charge in [-0.2, -0.15) is 0 Å². The standard InChI is InChI=1S/C11H14F2N2O2/c1-7(16)8-2-4-9(5-3-8)15-11(17)14-6-10(12)13/h2-5,7,10,16H,6H2,1H3,(H2,14,15,17). The first-order valence-electron chi connectivity index (χ1n) is 5.10. The lowest BCUT2D eigenvalue weighted by Crippen LogP contribution is -2.32. The van der Waals surface area contributed by atoms with Gasteiger partial charge >= 0.3 is 6.03 Å². The first-order chi connectivity index (χ1) is 7.99. The highest BCUT2D eigenvalue weighted by Gasteiger charge is 2.06. The van der Waals surface area contributed by atoms with E-state index >= 15 is 0 Å². The number of urea groups is 1. The lowest BCUT2D eigenvalue weighted by Gasteiger charge is -2.09. The second-order valence-electron chi connectivity index (χ2n) is 3.52. The number of nitrogens with one attached hydrogen (secondary N) is 2. The van der Waals surface area contributed by atoms with Gasteiger partial charge in [0.1, 0.15) is 0 Å². The highest BCUT2D eigenvalue weighted by atomic mass is 19.3. The van der Waals surface area contributed by atoms with E-state index in [1.165, 1.54) is 0 Å². The number of benzene rings is 1. The molecule has 0 fully saturated rings. The average molecular weight is 244 g/mol. The van der Waals surface area contributed by atoms with Gasteiger partial charge in [-0.3, -0.25) is 0 Å². The largest absolute Gasteiger partial charge is 0.389 e. The van der Waals surface area contributed by atoms with Gasteiger partial charge < -0.3 is 15.7 Å². The highest BCUT2D eigenvalue weighted by Crippen LogP contribution is 2.15. The van der Waals surface area contributed by atoms with Crippen molar-refractivity contribution in [3.63, 3.8) is 0 Å². The second-order valence-corrected chi connectivity index (χ2v) is 3.52. The van der Waals surface area contributed by atoms with Crippen molar-refractivity contribution in [2.24, 2.45) is 0 Å². The lowest BCUT2D eigenvalue weighted by atomic mass is 10.1. The summed E-state index contributed by atoms with van der Waals surface area (Å²) in [6.07, 6.45) is -3.16. The minimum absolute atomic E-state index is 0.473. The number of hydrogen-bond acceptors (Lipinski definition) is 2. The fraction of sp³-hybridized carbons (Fsp3) is 0.364. The molecule has 1 aromatic rings. The van der Waals surface area contributed by atoms with E-state index in [-0.39, 0.29) is 0 Å². The molecule has 0 aliphatic rings. The molecule has 0 aliphatic heterocycles. The van der Waals surface area contributed by atoms with Crippen LogP contribution in [0.15, 0.2) is 24.3 Å². The zero-order valence-corrected chi connectivity index (χ0v) is 9.28. The van der Waals surface area contributed by atoms with Crippen LogP contribution >= 0.6 is 0 Å². The topological polar surface area (TPSA) is 61.4 Å². The molecule has 1 unspecified atom stereocenters. The van der Waals surface area contributed by atoms with Crippen LogP contribution in [-0.4, -0.2) is 24.1 Å². The van der Waals surface area contributed by atoms with Gasteiger partial charge in [0.25, 0.3) is 6.43 Å². The molecule has 17 heavy (non-hydrogen) atoms. The summed E-state index contributed by atoms with van der Waals surface area (Å²) in [6.45, 7) is 0.940. The number of anilines is 1. The smallest absolute Gasteiger partial charge is 0.319 e. The van der Waals surface area contributed by atoms with Crippen LogP contribution in [0.2, 0.25) is 0 Å². The fourth-order valence-electron chi connectivity index (χ4n) is 1.19.